The van der Waals surface area contributed by atoms with Crippen LogP contribution in [-0.2, 0) is 13.1 Å². The molecule has 1 aromatic carbocycles. The molecule has 3 rings (SSSR count). The third kappa shape index (κ3) is 2.32. The highest BCUT2D eigenvalue weighted by atomic mass is 16.4. The maximum atomic E-state index is 10.3. The zero-order valence-electron chi connectivity index (χ0n) is 11.6. The first-order valence-electron chi connectivity index (χ1n) is 6.77. The molecule has 0 aliphatic heterocycles. The zero-order valence-corrected chi connectivity index (χ0v) is 11.6. The molecule has 0 spiro atoms. The summed E-state index contributed by atoms with van der Waals surface area (Å²) in [6, 6.07) is 11.3. The van der Waals surface area contributed by atoms with Gasteiger partial charge in [-0.3, -0.25) is 5.41 Å². The normalized spacial score (nSPS) is 12.6. The molecule has 3 aromatic rings. The average Bonchev–Trinajstić information content (AvgIpc) is 3.11. The van der Waals surface area contributed by atoms with Gasteiger partial charge in [-0.2, -0.15) is 0 Å². The number of benzene rings is 1. The van der Waals surface area contributed by atoms with Crippen molar-refractivity contribution in [3.63, 3.8) is 0 Å². The lowest BCUT2D eigenvalue weighted by molar-refractivity contribution is 0.130. The lowest BCUT2D eigenvalue weighted by Gasteiger charge is -2.09. The van der Waals surface area contributed by atoms with Gasteiger partial charge in [-0.1, -0.05) is 18.2 Å². The monoisotopic (exact) mass is 283 g/mol. The van der Waals surface area contributed by atoms with E-state index in [-0.39, 0.29) is 6.54 Å². The number of aliphatic hydroxyl groups is 1. The number of aliphatic hydroxyl groups excluding tert-OH is 1. The summed E-state index contributed by atoms with van der Waals surface area (Å²) in [7, 11) is 0. The van der Waals surface area contributed by atoms with Crippen LogP contribution in [0, 0.1) is 5.41 Å². The van der Waals surface area contributed by atoms with Crippen molar-refractivity contribution in [1.29, 1.82) is 5.41 Å². The number of imidazole rings is 1. The fourth-order valence-electron chi connectivity index (χ4n) is 2.54. The van der Waals surface area contributed by atoms with E-state index in [9.17, 15) is 5.11 Å². The average molecular weight is 283 g/mol. The lowest BCUT2D eigenvalue weighted by atomic mass is 10.2. The van der Waals surface area contributed by atoms with E-state index in [0.29, 0.717) is 17.9 Å². The second-order valence-corrected chi connectivity index (χ2v) is 4.85. The number of rotatable bonds is 5. The van der Waals surface area contributed by atoms with Crippen LogP contribution in [-0.4, -0.2) is 14.2 Å². The van der Waals surface area contributed by atoms with Gasteiger partial charge < -0.3 is 18.7 Å². The molecule has 2 aromatic heterocycles. The first-order chi connectivity index (χ1) is 10.2. The Labute approximate surface area is 121 Å². The Kier molecular flexibility index (Phi) is 3.50. The van der Waals surface area contributed by atoms with Gasteiger partial charge in [0.15, 0.2) is 0 Å². The van der Waals surface area contributed by atoms with Gasteiger partial charge in [-0.25, -0.2) is 0 Å². The van der Waals surface area contributed by atoms with Crippen LogP contribution >= 0.6 is 0 Å². The molecule has 0 aliphatic carbocycles. The van der Waals surface area contributed by atoms with E-state index >= 15 is 0 Å². The van der Waals surface area contributed by atoms with Gasteiger partial charge >= 0.3 is 0 Å². The number of fused-ring (bicyclic) bond motifs is 1. The Morgan fingerprint density at radius 1 is 1.19 bits per heavy atom. The number of hydrogen-bond donors (Lipinski definition) is 2. The summed E-state index contributed by atoms with van der Waals surface area (Å²) in [4.78, 5) is 0. The lowest BCUT2D eigenvalue weighted by Crippen LogP contribution is -2.26. The highest BCUT2D eigenvalue weighted by Crippen LogP contribution is 2.19. The van der Waals surface area contributed by atoms with Crippen molar-refractivity contribution in [1.82, 2.24) is 9.13 Å². The van der Waals surface area contributed by atoms with Crippen LogP contribution in [0.1, 0.15) is 11.9 Å². The van der Waals surface area contributed by atoms with E-state index in [2.05, 4.69) is 6.58 Å². The molecule has 0 bridgehead atoms. The minimum atomic E-state index is -0.780. The predicted molar refractivity (Wildman–Crippen MR) is 79.6 cm³/mol. The van der Waals surface area contributed by atoms with E-state index in [1.165, 1.54) is 6.26 Å². The molecule has 2 heterocycles. The number of nitrogens with one attached hydrogen (secondary N) is 1. The van der Waals surface area contributed by atoms with Gasteiger partial charge in [0.2, 0.25) is 5.62 Å². The molecule has 0 radical (unpaired) electrons. The van der Waals surface area contributed by atoms with Crippen molar-refractivity contribution < 1.29 is 9.52 Å². The van der Waals surface area contributed by atoms with Gasteiger partial charge in [-0.15, -0.1) is 6.58 Å². The van der Waals surface area contributed by atoms with Crippen LogP contribution in [0.5, 0.6) is 0 Å². The van der Waals surface area contributed by atoms with E-state index < -0.39 is 6.10 Å². The third-order valence-electron chi connectivity index (χ3n) is 3.51. The number of allylic oxidation sites excluding steroid dienone is 1. The molecule has 0 saturated heterocycles. The van der Waals surface area contributed by atoms with Crippen molar-refractivity contribution >= 4 is 11.0 Å². The minimum Gasteiger partial charge on any atom is -0.467 e. The number of para-hydroxylation sites is 2. The van der Waals surface area contributed by atoms with Crippen molar-refractivity contribution in [2.75, 3.05) is 0 Å². The predicted octanol–water partition coefficient (Wildman–Crippen LogP) is 2.43. The number of hydrogen-bond acceptors (Lipinski definition) is 3. The molecule has 0 amide bonds. The van der Waals surface area contributed by atoms with Gasteiger partial charge in [0.1, 0.15) is 11.9 Å². The summed E-state index contributed by atoms with van der Waals surface area (Å²) in [6.07, 6.45) is 2.51. The molecule has 108 valence electrons. The van der Waals surface area contributed by atoms with Crippen LogP contribution in [0.25, 0.3) is 11.0 Å². The highest BCUT2D eigenvalue weighted by molar-refractivity contribution is 5.75. The topological polar surface area (TPSA) is 67.1 Å². The van der Waals surface area contributed by atoms with Crippen LogP contribution in [0.15, 0.2) is 59.7 Å². The van der Waals surface area contributed by atoms with Crippen molar-refractivity contribution in [2.24, 2.45) is 0 Å². The van der Waals surface area contributed by atoms with Crippen LogP contribution in [0.3, 0.4) is 0 Å². The summed E-state index contributed by atoms with van der Waals surface area (Å²) in [5, 5.41) is 18.6. The largest absolute Gasteiger partial charge is 0.467 e. The van der Waals surface area contributed by atoms with Gasteiger partial charge in [0, 0.05) is 6.54 Å². The van der Waals surface area contributed by atoms with Gasteiger partial charge in [0.05, 0.1) is 23.8 Å². The van der Waals surface area contributed by atoms with Crippen molar-refractivity contribution in [3.8, 4) is 0 Å². The third-order valence-corrected chi connectivity index (χ3v) is 3.51. The van der Waals surface area contributed by atoms with Crippen LogP contribution in [0.2, 0.25) is 0 Å². The van der Waals surface area contributed by atoms with E-state index in [4.69, 9.17) is 9.83 Å². The second-order valence-electron chi connectivity index (χ2n) is 4.85. The molecule has 5 heteroatoms. The van der Waals surface area contributed by atoms with E-state index in [1.807, 2.05) is 28.8 Å². The molecular weight excluding hydrogens is 266 g/mol. The maximum Gasteiger partial charge on any atom is 0.203 e. The quantitative estimate of drug-likeness (QED) is 0.706. The SMILES string of the molecule is C=CCn1c(=N)n(C[C@@H](O)c2ccco2)c2ccccc21. The van der Waals surface area contributed by atoms with E-state index in [1.54, 1.807) is 22.8 Å². The molecule has 0 unspecified atom stereocenters. The number of nitrogens with zero attached hydrogens (tertiary/aromatic N) is 2. The van der Waals surface area contributed by atoms with Crippen LogP contribution < -0.4 is 5.62 Å². The van der Waals surface area contributed by atoms with Crippen molar-refractivity contribution in [2.45, 2.75) is 19.2 Å². The Bertz CT molecular complexity index is 812. The minimum absolute atomic E-state index is 0.275. The number of furan rings is 1. The Morgan fingerprint density at radius 2 is 1.90 bits per heavy atom. The summed E-state index contributed by atoms with van der Waals surface area (Å²) >= 11 is 0. The summed E-state index contributed by atoms with van der Waals surface area (Å²) < 4.78 is 8.87. The second kappa shape index (κ2) is 5.46. The number of aromatic nitrogens is 2. The smallest absolute Gasteiger partial charge is 0.203 e. The van der Waals surface area contributed by atoms with E-state index in [0.717, 1.165) is 11.0 Å². The fraction of sp³-hybridized carbons (Fsp3) is 0.188. The molecule has 0 fully saturated rings. The molecule has 21 heavy (non-hydrogen) atoms. The summed E-state index contributed by atoms with van der Waals surface area (Å²) in [5.41, 5.74) is 2.20. The molecule has 1 atom stereocenters. The zero-order chi connectivity index (χ0) is 14.8. The molecule has 0 saturated carbocycles. The maximum absolute atomic E-state index is 10.3. The van der Waals surface area contributed by atoms with Gasteiger partial charge in [-0.05, 0) is 24.3 Å². The van der Waals surface area contributed by atoms with Crippen molar-refractivity contribution in [3.05, 3.63) is 66.7 Å². The summed E-state index contributed by atoms with van der Waals surface area (Å²) in [5.74, 6) is 0.502. The fourth-order valence-corrected chi connectivity index (χ4v) is 2.54. The highest BCUT2D eigenvalue weighted by Gasteiger charge is 2.16. The standard InChI is InChI=1S/C16H17N3O2/c1-2-9-18-12-6-3-4-7-13(12)19(16(18)17)11-14(20)15-8-5-10-21-15/h2-8,10,14,17,20H,1,9,11H2/t14-/m1/s1. The Hall–Kier alpha value is -2.53. The molecular formula is C16H17N3O2. The Balaban J connectivity index is 2.08. The summed E-state index contributed by atoms with van der Waals surface area (Å²) in [6.45, 7) is 4.57. The van der Waals surface area contributed by atoms with Crippen LogP contribution in [0.4, 0.5) is 0 Å². The first kappa shape index (κ1) is 13.5. The molecule has 2 N–H and O–H groups in total. The molecule has 5 nitrogen and oxygen atoms in total. The Morgan fingerprint density at radius 3 is 2.52 bits per heavy atom. The van der Waals surface area contributed by atoms with Gasteiger partial charge in [0.25, 0.3) is 0 Å². The first-order valence-corrected chi connectivity index (χ1v) is 6.77. The molecule has 0 aliphatic rings.